The van der Waals surface area contributed by atoms with Crippen LogP contribution in [-0.2, 0) is 0 Å². The fourth-order valence-electron chi connectivity index (χ4n) is 1.11. The van der Waals surface area contributed by atoms with Crippen LogP contribution in [0.5, 0.6) is 0 Å². The van der Waals surface area contributed by atoms with Crippen molar-refractivity contribution in [3.63, 3.8) is 0 Å². The molecule has 0 aliphatic rings. The van der Waals surface area contributed by atoms with Gasteiger partial charge >= 0.3 is 0 Å². The smallest absolute Gasteiger partial charge is 0.251 e. The summed E-state index contributed by atoms with van der Waals surface area (Å²) >= 11 is 0. The lowest BCUT2D eigenvalue weighted by Crippen LogP contribution is -2.25. The maximum absolute atomic E-state index is 11.5. The van der Waals surface area contributed by atoms with Crippen LogP contribution in [0.3, 0.4) is 0 Å². The molecule has 0 spiro atoms. The van der Waals surface area contributed by atoms with Crippen molar-refractivity contribution >= 4 is 5.91 Å². The molecule has 0 fully saturated rings. The van der Waals surface area contributed by atoms with Gasteiger partial charge in [-0.25, -0.2) is 6.57 Å². The van der Waals surface area contributed by atoms with E-state index in [9.17, 15) is 4.79 Å². The van der Waals surface area contributed by atoms with E-state index in [1.807, 2.05) is 25.1 Å². The third-order valence-electron chi connectivity index (χ3n) is 1.79. The van der Waals surface area contributed by atoms with Gasteiger partial charge in [0.05, 0.1) is 6.54 Å². The fraction of sp³-hybridized carbons (Fsp3) is 0.273. The third kappa shape index (κ3) is 2.91. The topological polar surface area (TPSA) is 33.5 Å². The van der Waals surface area contributed by atoms with E-state index < -0.39 is 0 Å². The van der Waals surface area contributed by atoms with Crippen LogP contribution < -0.4 is 5.32 Å². The molecule has 72 valence electrons. The van der Waals surface area contributed by atoms with Gasteiger partial charge in [-0.05, 0) is 19.1 Å². The zero-order valence-corrected chi connectivity index (χ0v) is 8.08. The Labute approximate surface area is 83.6 Å². The summed E-state index contributed by atoms with van der Waals surface area (Å²) in [5, 5.41) is 2.67. The number of hydrogen-bond acceptors (Lipinski definition) is 1. The Morgan fingerprint density at radius 3 is 3.00 bits per heavy atom. The summed E-state index contributed by atoms with van der Waals surface area (Å²) in [5.74, 6) is -0.114. The molecule has 0 saturated carbocycles. The summed E-state index contributed by atoms with van der Waals surface area (Å²) in [5.41, 5.74) is 1.71. The number of amides is 1. The summed E-state index contributed by atoms with van der Waals surface area (Å²) in [7, 11) is 0. The number of benzene rings is 1. The number of nitrogens with one attached hydrogen (secondary N) is 1. The molecule has 0 bridgehead atoms. The third-order valence-corrected chi connectivity index (χ3v) is 1.79. The molecule has 1 aromatic carbocycles. The van der Waals surface area contributed by atoms with E-state index in [-0.39, 0.29) is 5.91 Å². The van der Waals surface area contributed by atoms with Gasteiger partial charge in [0.2, 0.25) is 6.54 Å². The van der Waals surface area contributed by atoms with Gasteiger partial charge in [-0.3, -0.25) is 4.79 Å². The summed E-state index contributed by atoms with van der Waals surface area (Å²) in [4.78, 5) is 14.6. The second-order valence-electron chi connectivity index (χ2n) is 3.01. The molecule has 0 aromatic heterocycles. The SMILES string of the molecule is [C-]#[N+]CCNC(=O)c1cccc(C)c1. The highest BCUT2D eigenvalue weighted by atomic mass is 16.1. The van der Waals surface area contributed by atoms with Crippen LogP contribution in [0.25, 0.3) is 4.85 Å². The molecule has 0 unspecified atom stereocenters. The van der Waals surface area contributed by atoms with Crippen LogP contribution in [0.4, 0.5) is 0 Å². The highest BCUT2D eigenvalue weighted by Gasteiger charge is 2.04. The average molecular weight is 188 g/mol. The number of carbonyl (C=O) groups is 1. The molecular formula is C11H12N2O. The van der Waals surface area contributed by atoms with Gasteiger partial charge in [-0.2, -0.15) is 0 Å². The van der Waals surface area contributed by atoms with Gasteiger partial charge in [0, 0.05) is 5.56 Å². The van der Waals surface area contributed by atoms with Gasteiger partial charge in [0.1, 0.15) is 0 Å². The van der Waals surface area contributed by atoms with Crippen molar-refractivity contribution in [2.45, 2.75) is 6.92 Å². The lowest BCUT2D eigenvalue weighted by atomic mass is 10.1. The Balaban J connectivity index is 2.57. The monoisotopic (exact) mass is 188 g/mol. The summed E-state index contributed by atoms with van der Waals surface area (Å²) < 4.78 is 0. The number of rotatable bonds is 3. The predicted molar refractivity (Wildman–Crippen MR) is 55.0 cm³/mol. The van der Waals surface area contributed by atoms with Crippen LogP contribution in [0.1, 0.15) is 15.9 Å². The molecule has 3 nitrogen and oxygen atoms in total. The summed E-state index contributed by atoms with van der Waals surface area (Å²) in [6, 6.07) is 7.38. The van der Waals surface area contributed by atoms with E-state index >= 15 is 0 Å². The molecule has 14 heavy (non-hydrogen) atoms. The molecule has 0 aliphatic heterocycles. The minimum Gasteiger partial charge on any atom is -0.345 e. The Bertz CT molecular complexity index is 366. The standard InChI is InChI=1S/C11H12N2O/c1-9-4-3-5-10(8-9)11(14)13-7-6-12-2/h3-5,8H,6-7H2,1H3,(H,13,14). The van der Waals surface area contributed by atoms with E-state index in [2.05, 4.69) is 10.2 Å². The molecule has 0 heterocycles. The van der Waals surface area contributed by atoms with Gasteiger partial charge in [-0.1, -0.05) is 17.7 Å². The van der Waals surface area contributed by atoms with Crippen molar-refractivity contribution in [3.8, 4) is 0 Å². The second kappa shape index (κ2) is 5.03. The van der Waals surface area contributed by atoms with E-state index in [0.29, 0.717) is 18.7 Å². The first kappa shape index (κ1) is 10.3. The molecule has 0 aliphatic carbocycles. The summed E-state index contributed by atoms with van der Waals surface area (Å²) in [6.07, 6.45) is 0. The average Bonchev–Trinajstić information content (AvgIpc) is 2.18. The molecule has 0 radical (unpaired) electrons. The van der Waals surface area contributed by atoms with E-state index in [4.69, 9.17) is 6.57 Å². The Morgan fingerprint density at radius 1 is 1.57 bits per heavy atom. The fourth-order valence-corrected chi connectivity index (χ4v) is 1.11. The predicted octanol–water partition coefficient (Wildman–Crippen LogP) is 1.64. The Kier molecular flexibility index (Phi) is 3.69. The van der Waals surface area contributed by atoms with E-state index in [0.717, 1.165) is 5.56 Å². The first-order valence-electron chi connectivity index (χ1n) is 4.42. The van der Waals surface area contributed by atoms with E-state index in [1.54, 1.807) is 6.07 Å². The van der Waals surface area contributed by atoms with Crippen molar-refractivity contribution in [2.75, 3.05) is 13.1 Å². The molecule has 1 amide bonds. The molecule has 1 N–H and O–H groups in total. The van der Waals surface area contributed by atoms with Gasteiger partial charge < -0.3 is 10.2 Å². The lowest BCUT2D eigenvalue weighted by Gasteiger charge is -2.02. The number of hydrogen-bond donors (Lipinski definition) is 1. The Morgan fingerprint density at radius 2 is 2.36 bits per heavy atom. The molecule has 0 saturated heterocycles. The second-order valence-corrected chi connectivity index (χ2v) is 3.01. The molecule has 1 aromatic rings. The highest BCUT2D eigenvalue weighted by molar-refractivity contribution is 5.94. The Hall–Kier alpha value is -1.82. The molecule has 0 atom stereocenters. The summed E-state index contributed by atoms with van der Waals surface area (Å²) in [6.45, 7) is 9.24. The van der Waals surface area contributed by atoms with Crippen LogP contribution in [0.15, 0.2) is 24.3 Å². The zero-order chi connectivity index (χ0) is 10.4. The van der Waals surface area contributed by atoms with Gasteiger partial charge in [0.15, 0.2) is 0 Å². The van der Waals surface area contributed by atoms with Crippen LogP contribution in [0.2, 0.25) is 0 Å². The van der Waals surface area contributed by atoms with Crippen molar-refractivity contribution in [2.24, 2.45) is 0 Å². The quantitative estimate of drug-likeness (QED) is 0.568. The van der Waals surface area contributed by atoms with Crippen LogP contribution in [0, 0.1) is 13.5 Å². The number of aryl methyl sites for hydroxylation is 1. The lowest BCUT2D eigenvalue weighted by molar-refractivity contribution is 0.0955. The van der Waals surface area contributed by atoms with Crippen molar-refractivity contribution in [1.29, 1.82) is 0 Å². The van der Waals surface area contributed by atoms with Crippen molar-refractivity contribution in [1.82, 2.24) is 5.32 Å². The largest absolute Gasteiger partial charge is 0.345 e. The van der Waals surface area contributed by atoms with Gasteiger partial charge in [0.25, 0.3) is 5.91 Å². The molecular weight excluding hydrogens is 176 g/mol. The maximum Gasteiger partial charge on any atom is 0.251 e. The zero-order valence-electron chi connectivity index (χ0n) is 8.08. The van der Waals surface area contributed by atoms with Crippen molar-refractivity contribution in [3.05, 3.63) is 46.8 Å². The minimum absolute atomic E-state index is 0.114. The normalized spacial score (nSPS) is 9.14. The first-order chi connectivity index (χ1) is 6.74. The van der Waals surface area contributed by atoms with Crippen molar-refractivity contribution < 1.29 is 4.79 Å². The molecule has 1 rings (SSSR count). The van der Waals surface area contributed by atoms with Crippen LogP contribution in [-0.4, -0.2) is 19.0 Å². The number of nitrogens with zero attached hydrogens (tertiary/aromatic N) is 1. The van der Waals surface area contributed by atoms with E-state index in [1.165, 1.54) is 0 Å². The highest BCUT2D eigenvalue weighted by Crippen LogP contribution is 2.03. The first-order valence-corrected chi connectivity index (χ1v) is 4.42. The van der Waals surface area contributed by atoms with Gasteiger partial charge in [-0.15, -0.1) is 0 Å². The van der Waals surface area contributed by atoms with Crippen LogP contribution >= 0.6 is 0 Å². The maximum atomic E-state index is 11.5. The molecule has 3 heteroatoms. The number of carbonyl (C=O) groups excluding carboxylic acids is 1. The minimum atomic E-state index is -0.114.